The van der Waals surface area contributed by atoms with Gasteiger partial charge in [0.1, 0.15) is 6.04 Å². The Hall–Kier alpha value is -2.96. The molecule has 2 amide bonds. The number of benzene rings is 2. The van der Waals surface area contributed by atoms with Crippen LogP contribution in [-0.4, -0.2) is 17.9 Å². The van der Waals surface area contributed by atoms with Crippen LogP contribution in [0.2, 0.25) is 0 Å². The van der Waals surface area contributed by atoms with E-state index in [-0.39, 0.29) is 23.9 Å². The zero-order valence-electron chi connectivity index (χ0n) is 17.5. The third-order valence-electron chi connectivity index (χ3n) is 4.96. The van der Waals surface area contributed by atoms with E-state index in [1.165, 1.54) is 22.9 Å². The summed E-state index contributed by atoms with van der Waals surface area (Å²) in [5.74, 6) is -0.185. The number of amides is 2. The lowest BCUT2D eigenvalue weighted by atomic mass is 10.0. The average Bonchev–Trinajstić information content (AvgIpc) is 3.27. The minimum Gasteiger partial charge on any atom is -0.326 e. The van der Waals surface area contributed by atoms with Crippen molar-refractivity contribution >= 4 is 34.5 Å². The second-order valence-electron chi connectivity index (χ2n) is 7.32. The van der Waals surface area contributed by atoms with Crippen LogP contribution >= 0.6 is 11.3 Å². The lowest BCUT2D eigenvalue weighted by Crippen LogP contribution is -2.92. The number of carbonyl (C=O) groups excluding carboxylic acids is 2. The Morgan fingerprint density at radius 1 is 0.967 bits per heavy atom. The number of thiophene rings is 1. The maximum absolute atomic E-state index is 12.8. The van der Waals surface area contributed by atoms with E-state index in [0.717, 1.165) is 6.42 Å². The van der Waals surface area contributed by atoms with Crippen LogP contribution in [-0.2, 0) is 16.0 Å². The van der Waals surface area contributed by atoms with Gasteiger partial charge in [0.15, 0.2) is 6.04 Å². The fraction of sp³-hybridized carbons (Fsp3) is 0.250. The fourth-order valence-electron chi connectivity index (χ4n) is 3.27. The van der Waals surface area contributed by atoms with Crippen molar-refractivity contribution in [2.24, 2.45) is 0 Å². The van der Waals surface area contributed by atoms with E-state index in [9.17, 15) is 9.59 Å². The number of hydrogen-bond donors (Lipinski definition) is 3. The molecule has 30 heavy (non-hydrogen) atoms. The van der Waals surface area contributed by atoms with Crippen LogP contribution in [0.25, 0.3) is 0 Å². The molecule has 0 fully saturated rings. The number of nitrogens with two attached hydrogens (primary N) is 1. The van der Waals surface area contributed by atoms with Crippen molar-refractivity contribution in [2.75, 3.05) is 10.6 Å². The summed E-state index contributed by atoms with van der Waals surface area (Å²) in [6.07, 6.45) is 1.01. The molecule has 0 saturated heterocycles. The quantitative estimate of drug-likeness (QED) is 0.514. The van der Waals surface area contributed by atoms with Crippen LogP contribution in [0.1, 0.15) is 42.8 Å². The standard InChI is InChI=1S/C24H27N3O2S/c1-4-18-7-9-19(10-8-18)23(22-6-5-15-30-22)25-16(2)24(29)27-21-13-11-20(12-14-21)26-17(3)28/h5-16,23,25H,4H2,1-3H3,(H,26,28)(H,27,29)/p+1/t16-,23+/m1/s1. The summed E-state index contributed by atoms with van der Waals surface area (Å²) in [4.78, 5) is 25.2. The van der Waals surface area contributed by atoms with Crippen LogP contribution in [0.15, 0.2) is 66.0 Å². The van der Waals surface area contributed by atoms with Crippen molar-refractivity contribution in [1.29, 1.82) is 0 Å². The van der Waals surface area contributed by atoms with Crippen LogP contribution in [0.5, 0.6) is 0 Å². The molecule has 4 N–H and O–H groups in total. The van der Waals surface area contributed by atoms with Crippen molar-refractivity contribution in [3.05, 3.63) is 82.0 Å². The van der Waals surface area contributed by atoms with Gasteiger partial charge in [0.05, 0.1) is 4.88 Å². The molecular weight excluding hydrogens is 394 g/mol. The van der Waals surface area contributed by atoms with Gasteiger partial charge in [-0.15, -0.1) is 11.3 Å². The number of aryl methyl sites for hydroxylation is 1. The number of rotatable bonds is 8. The molecule has 0 aliphatic carbocycles. The zero-order chi connectivity index (χ0) is 21.5. The monoisotopic (exact) mass is 422 g/mol. The third-order valence-corrected chi connectivity index (χ3v) is 5.92. The molecule has 0 aliphatic heterocycles. The van der Waals surface area contributed by atoms with Crippen LogP contribution < -0.4 is 16.0 Å². The zero-order valence-corrected chi connectivity index (χ0v) is 18.3. The van der Waals surface area contributed by atoms with Gasteiger partial charge in [-0.25, -0.2) is 0 Å². The first-order valence-corrected chi connectivity index (χ1v) is 11.0. The Kier molecular flexibility index (Phi) is 7.38. The van der Waals surface area contributed by atoms with Gasteiger partial charge in [-0.05, 0) is 54.6 Å². The third kappa shape index (κ3) is 5.78. The van der Waals surface area contributed by atoms with Crippen molar-refractivity contribution < 1.29 is 14.9 Å². The Balaban J connectivity index is 1.69. The van der Waals surface area contributed by atoms with Gasteiger partial charge < -0.3 is 16.0 Å². The van der Waals surface area contributed by atoms with E-state index in [1.807, 2.05) is 13.0 Å². The summed E-state index contributed by atoms with van der Waals surface area (Å²) in [7, 11) is 0. The highest BCUT2D eigenvalue weighted by molar-refractivity contribution is 7.10. The molecule has 0 aliphatic rings. The number of carbonyl (C=O) groups is 2. The second kappa shape index (κ2) is 10.2. The highest BCUT2D eigenvalue weighted by atomic mass is 32.1. The van der Waals surface area contributed by atoms with E-state index in [4.69, 9.17) is 0 Å². The normalized spacial score (nSPS) is 12.8. The van der Waals surface area contributed by atoms with E-state index in [2.05, 4.69) is 58.6 Å². The lowest BCUT2D eigenvalue weighted by Gasteiger charge is -2.20. The maximum Gasteiger partial charge on any atom is 0.282 e. The maximum atomic E-state index is 12.8. The first-order chi connectivity index (χ1) is 14.5. The summed E-state index contributed by atoms with van der Waals surface area (Å²) in [6.45, 7) is 5.53. The summed E-state index contributed by atoms with van der Waals surface area (Å²) in [5, 5.41) is 9.85. The minimum absolute atomic E-state index is 0.0611. The molecule has 1 aromatic heterocycles. The molecule has 2 atom stereocenters. The predicted molar refractivity (Wildman–Crippen MR) is 123 cm³/mol. The predicted octanol–water partition coefficient (Wildman–Crippen LogP) is 3.95. The van der Waals surface area contributed by atoms with Gasteiger partial charge in [0.2, 0.25) is 5.91 Å². The molecule has 2 aromatic carbocycles. The van der Waals surface area contributed by atoms with Gasteiger partial charge in [-0.3, -0.25) is 9.59 Å². The molecule has 1 heterocycles. The highest BCUT2D eigenvalue weighted by Gasteiger charge is 2.25. The Bertz CT molecular complexity index is 967. The number of anilines is 2. The van der Waals surface area contributed by atoms with E-state index in [0.29, 0.717) is 11.4 Å². The molecule has 0 radical (unpaired) electrons. The van der Waals surface area contributed by atoms with Gasteiger partial charge in [0, 0.05) is 23.9 Å². The van der Waals surface area contributed by atoms with Crippen molar-refractivity contribution in [3.8, 4) is 0 Å². The first-order valence-electron chi connectivity index (χ1n) is 10.1. The van der Waals surface area contributed by atoms with E-state index in [1.54, 1.807) is 35.6 Å². The van der Waals surface area contributed by atoms with Gasteiger partial charge in [-0.2, -0.15) is 0 Å². The summed E-state index contributed by atoms with van der Waals surface area (Å²) in [6, 6.07) is 19.7. The molecule has 3 aromatic rings. The summed E-state index contributed by atoms with van der Waals surface area (Å²) in [5.41, 5.74) is 3.90. The minimum atomic E-state index is -0.280. The molecule has 5 nitrogen and oxygen atoms in total. The molecule has 0 saturated carbocycles. The number of quaternary nitrogens is 1. The fourth-order valence-corrected chi connectivity index (χ4v) is 4.10. The van der Waals surface area contributed by atoms with Gasteiger partial charge in [-0.1, -0.05) is 37.3 Å². The van der Waals surface area contributed by atoms with Gasteiger partial charge in [0.25, 0.3) is 5.91 Å². The van der Waals surface area contributed by atoms with Crippen LogP contribution in [0, 0.1) is 0 Å². The highest BCUT2D eigenvalue weighted by Crippen LogP contribution is 2.23. The molecule has 0 unspecified atom stereocenters. The van der Waals surface area contributed by atoms with E-state index < -0.39 is 0 Å². The first kappa shape index (κ1) is 21.7. The Labute approximate surface area is 181 Å². The number of hydrogen-bond acceptors (Lipinski definition) is 3. The molecular formula is C24H28N3O2S+. The van der Waals surface area contributed by atoms with Crippen LogP contribution in [0.3, 0.4) is 0 Å². The molecule has 0 bridgehead atoms. The second-order valence-corrected chi connectivity index (χ2v) is 8.30. The topological polar surface area (TPSA) is 74.8 Å². The van der Waals surface area contributed by atoms with E-state index >= 15 is 0 Å². The Morgan fingerprint density at radius 2 is 1.60 bits per heavy atom. The lowest BCUT2D eigenvalue weighted by molar-refractivity contribution is -0.703. The van der Waals surface area contributed by atoms with Crippen LogP contribution in [0.4, 0.5) is 11.4 Å². The summed E-state index contributed by atoms with van der Waals surface area (Å²) >= 11 is 1.70. The molecule has 3 rings (SSSR count). The van der Waals surface area contributed by atoms with Crippen molar-refractivity contribution in [3.63, 3.8) is 0 Å². The Morgan fingerprint density at radius 3 is 2.13 bits per heavy atom. The molecule has 0 spiro atoms. The SMILES string of the molecule is CCc1ccc([C@H]([NH2+][C@H](C)C(=O)Nc2ccc(NC(C)=O)cc2)c2cccs2)cc1. The summed E-state index contributed by atoms with van der Waals surface area (Å²) < 4.78 is 0. The smallest absolute Gasteiger partial charge is 0.282 e. The van der Waals surface area contributed by atoms with Gasteiger partial charge >= 0.3 is 0 Å². The molecule has 6 heteroatoms. The van der Waals surface area contributed by atoms with Crippen molar-refractivity contribution in [2.45, 2.75) is 39.3 Å². The number of nitrogens with one attached hydrogen (secondary N) is 2. The van der Waals surface area contributed by atoms with Crippen molar-refractivity contribution in [1.82, 2.24) is 0 Å². The molecule has 156 valence electrons. The average molecular weight is 423 g/mol. The largest absolute Gasteiger partial charge is 0.326 e.